The zero-order chi connectivity index (χ0) is 25.7. The number of pyridine rings is 1. The number of nitrogens with zero attached hydrogens (tertiary/aromatic N) is 3. The first kappa shape index (κ1) is 26.6. The fraction of sp³-hybridized carbons (Fsp3) is 0.690. The van der Waals surface area contributed by atoms with E-state index in [0.29, 0.717) is 54.4 Å². The summed E-state index contributed by atoms with van der Waals surface area (Å²) < 4.78 is 1.83. The van der Waals surface area contributed by atoms with Crippen LogP contribution in [0.4, 0.5) is 5.82 Å². The molecule has 2 aromatic rings. The van der Waals surface area contributed by atoms with Gasteiger partial charge in [0.15, 0.2) is 0 Å². The zero-order valence-corrected chi connectivity index (χ0v) is 22.3. The van der Waals surface area contributed by atoms with Gasteiger partial charge in [0.1, 0.15) is 17.2 Å². The fourth-order valence-corrected chi connectivity index (χ4v) is 6.87. The van der Waals surface area contributed by atoms with E-state index in [-0.39, 0.29) is 23.8 Å². The molecule has 1 saturated carbocycles. The van der Waals surface area contributed by atoms with Crippen LogP contribution >= 0.6 is 0 Å². The number of anilines is 1. The quantitative estimate of drug-likeness (QED) is 0.478. The number of nitrogens with one attached hydrogen (secondary N) is 1. The maximum Gasteiger partial charge on any atom is 0.274 e. The lowest BCUT2D eigenvalue weighted by atomic mass is 9.62. The van der Waals surface area contributed by atoms with Gasteiger partial charge < -0.3 is 15.3 Å². The number of imidazole rings is 1. The molecule has 0 radical (unpaired) electrons. The second-order valence-electron chi connectivity index (χ2n) is 11.5. The topological polar surface area (TPSA) is 86.9 Å². The van der Waals surface area contributed by atoms with Crippen molar-refractivity contribution in [3.05, 3.63) is 30.1 Å². The molecule has 0 spiro atoms. The third-order valence-electron chi connectivity index (χ3n) is 8.64. The van der Waals surface area contributed by atoms with Crippen molar-refractivity contribution >= 4 is 23.3 Å². The highest BCUT2D eigenvalue weighted by molar-refractivity contribution is 5.94. The maximum absolute atomic E-state index is 13.3. The van der Waals surface area contributed by atoms with Gasteiger partial charge in [-0.15, -0.1) is 0 Å². The molecule has 7 heteroatoms. The predicted octanol–water partition coefficient (Wildman–Crippen LogP) is 5.53. The molecule has 2 aromatic heterocycles. The molecule has 1 aliphatic carbocycles. The van der Waals surface area contributed by atoms with E-state index < -0.39 is 0 Å². The Morgan fingerprint density at radius 3 is 2.61 bits per heavy atom. The molecule has 0 aromatic carbocycles. The first-order valence-corrected chi connectivity index (χ1v) is 14.0. The van der Waals surface area contributed by atoms with Crippen molar-refractivity contribution in [2.24, 2.45) is 23.2 Å². The standard InChI is InChI=1S/C29H44N4O3/c1-4-7-23-16-21(3)17-29(5-2,18-23)19-27(35)31-26-9-6-8-25-30-24(20-33(25)26)28(36)32-13-10-22(11-14-32)12-15-34/h6,8-9,20-23,34H,4-5,7,10-19H2,1-3H3,(H,31,35). The largest absolute Gasteiger partial charge is 0.396 e. The summed E-state index contributed by atoms with van der Waals surface area (Å²) in [5.74, 6) is 2.49. The number of aromatic nitrogens is 2. The van der Waals surface area contributed by atoms with Crippen LogP contribution in [0.5, 0.6) is 0 Å². The second-order valence-corrected chi connectivity index (χ2v) is 11.5. The summed E-state index contributed by atoms with van der Waals surface area (Å²) in [6.45, 7) is 8.41. The average Bonchev–Trinajstić information content (AvgIpc) is 3.29. The minimum atomic E-state index is -0.0680. The molecule has 3 heterocycles. The Balaban J connectivity index is 1.45. The van der Waals surface area contributed by atoms with E-state index in [2.05, 4.69) is 31.1 Å². The van der Waals surface area contributed by atoms with Crippen LogP contribution in [-0.2, 0) is 4.79 Å². The summed E-state index contributed by atoms with van der Waals surface area (Å²) >= 11 is 0. The predicted molar refractivity (Wildman–Crippen MR) is 143 cm³/mol. The van der Waals surface area contributed by atoms with Crippen molar-refractivity contribution in [1.29, 1.82) is 0 Å². The molecule has 36 heavy (non-hydrogen) atoms. The molecule has 0 bridgehead atoms. The molecule has 3 unspecified atom stereocenters. The summed E-state index contributed by atoms with van der Waals surface area (Å²) in [5.41, 5.74) is 1.13. The Kier molecular flexibility index (Phi) is 8.70. The maximum atomic E-state index is 13.3. The van der Waals surface area contributed by atoms with Gasteiger partial charge in [-0.2, -0.15) is 0 Å². The van der Waals surface area contributed by atoms with Crippen LogP contribution in [0.2, 0.25) is 0 Å². The van der Waals surface area contributed by atoms with Crippen LogP contribution < -0.4 is 5.32 Å². The normalized spacial score (nSPS) is 25.3. The van der Waals surface area contributed by atoms with E-state index in [1.165, 1.54) is 19.3 Å². The molecule has 2 N–H and O–H groups in total. The Morgan fingerprint density at radius 1 is 1.14 bits per heavy atom. The SMILES string of the molecule is CCCC1CC(C)CC(CC)(CC(=O)Nc2cccc3nc(C(=O)N4CCC(CCO)CC4)cn23)C1. The molecule has 2 fully saturated rings. The van der Waals surface area contributed by atoms with Crippen LogP contribution in [0.25, 0.3) is 5.65 Å². The zero-order valence-electron chi connectivity index (χ0n) is 22.3. The van der Waals surface area contributed by atoms with E-state index in [1.54, 1.807) is 6.20 Å². The van der Waals surface area contributed by atoms with Gasteiger partial charge in [-0.3, -0.25) is 14.0 Å². The number of piperidine rings is 1. The Morgan fingerprint density at radius 2 is 1.92 bits per heavy atom. The van der Waals surface area contributed by atoms with E-state index in [9.17, 15) is 14.7 Å². The van der Waals surface area contributed by atoms with Crippen LogP contribution in [-0.4, -0.2) is 50.9 Å². The molecule has 4 rings (SSSR count). The molecular weight excluding hydrogens is 452 g/mol. The van der Waals surface area contributed by atoms with Gasteiger partial charge >= 0.3 is 0 Å². The number of carbonyl (C=O) groups is 2. The first-order chi connectivity index (χ1) is 17.4. The van der Waals surface area contributed by atoms with Gasteiger partial charge in [0.05, 0.1) is 0 Å². The highest BCUT2D eigenvalue weighted by Gasteiger charge is 2.39. The summed E-state index contributed by atoms with van der Waals surface area (Å²) in [7, 11) is 0. The minimum absolute atomic E-state index is 0.0428. The highest BCUT2D eigenvalue weighted by Crippen LogP contribution is 2.48. The van der Waals surface area contributed by atoms with Gasteiger partial charge in [0.25, 0.3) is 5.91 Å². The monoisotopic (exact) mass is 496 g/mol. The Labute approximate surface area is 215 Å². The number of hydrogen-bond acceptors (Lipinski definition) is 4. The molecule has 2 aliphatic rings. The Hall–Kier alpha value is -2.41. The van der Waals surface area contributed by atoms with Crippen LogP contribution in [0, 0.1) is 23.2 Å². The number of amides is 2. The first-order valence-electron chi connectivity index (χ1n) is 14.0. The number of aliphatic hydroxyl groups is 1. The summed E-state index contributed by atoms with van der Waals surface area (Å²) in [6, 6.07) is 5.62. The van der Waals surface area contributed by atoms with Gasteiger partial charge in [0.2, 0.25) is 5.91 Å². The third kappa shape index (κ3) is 6.10. The number of fused-ring (bicyclic) bond motifs is 1. The van der Waals surface area contributed by atoms with Crippen molar-refractivity contribution in [2.75, 3.05) is 25.0 Å². The summed E-state index contributed by atoms with van der Waals surface area (Å²) in [6.07, 6.45) is 11.9. The Bertz CT molecular complexity index is 1040. The highest BCUT2D eigenvalue weighted by atomic mass is 16.3. The van der Waals surface area contributed by atoms with E-state index >= 15 is 0 Å². The molecule has 2 amide bonds. The molecular formula is C29H44N4O3. The number of aliphatic hydroxyl groups excluding tert-OH is 1. The van der Waals surface area contributed by atoms with E-state index in [0.717, 1.165) is 38.5 Å². The van der Waals surface area contributed by atoms with E-state index in [4.69, 9.17) is 0 Å². The number of rotatable bonds is 9. The molecule has 3 atom stereocenters. The van der Waals surface area contributed by atoms with Gasteiger partial charge in [-0.25, -0.2) is 4.98 Å². The summed E-state index contributed by atoms with van der Waals surface area (Å²) in [5, 5.41) is 12.3. The van der Waals surface area contributed by atoms with Crippen LogP contribution in [0.3, 0.4) is 0 Å². The number of carbonyl (C=O) groups excluding carboxylic acids is 2. The third-order valence-corrected chi connectivity index (χ3v) is 8.64. The van der Waals surface area contributed by atoms with Crippen molar-refractivity contribution in [3.8, 4) is 0 Å². The second kappa shape index (κ2) is 11.8. The average molecular weight is 497 g/mol. The van der Waals surface area contributed by atoms with Crippen LogP contribution in [0.15, 0.2) is 24.4 Å². The van der Waals surface area contributed by atoms with Gasteiger partial charge in [-0.1, -0.05) is 39.7 Å². The smallest absolute Gasteiger partial charge is 0.274 e. The van der Waals surface area contributed by atoms with Gasteiger partial charge in [-0.05, 0) is 80.2 Å². The fourth-order valence-electron chi connectivity index (χ4n) is 6.87. The molecule has 198 valence electrons. The minimum Gasteiger partial charge on any atom is -0.396 e. The van der Waals surface area contributed by atoms with Crippen molar-refractivity contribution in [2.45, 2.75) is 85.0 Å². The lowest BCUT2D eigenvalue weighted by Gasteiger charge is -2.43. The molecule has 1 aliphatic heterocycles. The van der Waals surface area contributed by atoms with E-state index in [1.807, 2.05) is 27.5 Å². The van der Waals surface area contributed by atoms with Gasteiger partial charge in [0, 0.05) is 32.3 Å². The molecule has 1 saturated heterocycles. The number of likely N-dealkylation sites (tertiary alicyclic amines) is 1. The lowest BCUT2D eigenvalue weighted by molar-refractivity contribution is -0.119. The number of hydrogen-bond donors (Lipinski definition) is 2. The van der Waals surface area contributed by atoms with Crippen molar-refractivity contribution in [3.63, 3.8) is 0 Å². The van der Waals surface area contributed by atoms with Crippen LogP contribution in [0.1, 0.15) is 95.5 Å². The lowest BCUT2D eigenvalue weighted by Crippen LogP contribution is -2.38. The van der Waals surface area contributed by atoms with Crippen molar-refractivity contribution < 1.29 is 14.7 Å². The molecule has 7 nitrogen and oxygen atoms in total. The summed E-state index contributed by atoms with van der Waals surface area (Å²) in [4.78, 5) is 32.9. The van der Waals surface area contributed by atoms with Crippen molar-refractivity contribution in [1.82, 2.24) is 14.3 Å².